The second-order valence-corrected chi connectivity index (χ2v) is 4.39. The van der Waals surface area contributed by atoms with Gasteiger partial charge in [-0.25, -0.2) is 0 Å². The highest BCUT2D eigenvalue weighted by atomic mass is 16.6. The fourth-order valence-electron chi connectivity index (χ4n) is 2.60. The zero-order valence-corrected chi connectivity index (χ0v) is 8.22. The normalized spacial score (nSPS) is 38.2. The molecular formula is C12H18O. The quantitative estimate of drug-likeness (QED) is 0.468. The minimum absolute atomic E-state index is 0.285. The first-order valence-corrected chi connectivity index (χ1v) is 5.45. The molecule has 1 saturated carbocycles. The van der Waals surface area contributed by atoms with Crippen molar-refractivity contribution in [3.05, 3.63) is 0 Å². The standard InChI is InChI=1S/C12H18O/c1-2-3-7-11-8-5-4-6-9-12(11)10-13-12/h1,11H,3-10H2. The summed E-state index contributed by atoms with van der Waals surface area (Å²) < 4.78 is 5.66. The summed E-state index contributed by atoms with van der Waals surface area (Å²) in [5.74, 6) is 3.50. The Hall–Kier alpha value is -0.480. The highest BCUT2D eigenvalue weighted by Gasteiger charge is 2.50. The third-order valence-corrected chi connectivity index (χ3v) is 3.55. The Morgan fingerprint density at radius 3 is 2.92 bits per heavy atom. The van der Waals surface area contributed by atoms with E-state index in [-0.39, 0.29) is 5.60 Å². The van der Waals surface area contributed by atoms with Crippen molar-refractivity contribution in [2.75, 3.05) is 6.61 Å². The van der Waals surface area contributed by atoms with Gasteiger partial charge in [0.2, 0.25) is 0 Å². The van der Waals surface area contributed by atoms with Crippen LogP contribution in [0.5, 0.6) is 0 Å². The molecule has 0 radical (unpaired) electrons. The molecule has 1 aliphatic heterocycles. The lowest BCUT2D eigenvalue weighted by atomic mass is 9.85. The lowest BCUT2D eigenvalue weighted by molar-refractivity contribution is 0.196. The van der Waals surface area contributed by atoms with Gasteiger partial charge in [-0.1, -0.05) is 19.3 Å². The number of hydrogen-bond donors (Lipinski definition) is 0. The van der Waals surface area contributed by atoms with Crippen molar-refractivity contribution < 1.29 is 4.74 Å². The number of epoxide rings is 1. The molecule has 2 fully saturated rings. The Kier molecular flexibility index (Phi) is 2.60. The Labute approximate surface area is 80.9 Å². The molecule has 2 rings (SSSR count). The molecule has 0 N–H and O–H groups in total. The highest BCUT2D eigenvalue weighted by molar-refractivity contribution is 5.00. The van der Waals surface area contributed by atoms with Crippen molar-refractivity contribution >= 4 is 0 Å². The van der Waals surface area contributed by atoms with E-state index in [0.717, 1.165) is 18.9 Å². The summed E-state index contributed by atoms with van der Waals surface area (Å²) in [6, 6.07) is 0. The van der Waals surface area contributed by atoms with E-state index < -0.39 is 0 Å². The maximum atomic E-state index is 5.66. The Morgan fingerprint density at radius 2 is 2.23 bits per heavy atom. The van der Waals surface area contributed by atoms with Crippen LogP contribution in [-0.2, 0) is 4.74 Å². The molecule has 2 aliphatic rings. The average molecular weight is 178 g/mol. The van der Waals surface area contributed by atoms with Crippen LogP contribution < -0.4 is 0 Å². The van der Waals surface area contributed by atoms with Gasteiger partial charge in [0, 0.05) is 6.42 Å². The van der Waals surface area contributed by atoms with Crippen LogP contribution >= 0.6 is 0 Å². The Morgan fingerprint density at radius 1 is 1.38 bits per heavy atom. The largest absolute Gasteiger partial charge is 0.369 e. The van der Waals surface area contributed by atoms with Gasteiger partial charge in [0.15, 0.2) is 0 Å². The summed E-state index contributed by atoms with van der Waals surface area (Å²) in [7, 11) is 0. The molecule has 1 aliphatic carbocycles. The molecule has 1 heteroatoms. The maximum absolute atomic E-state index is 5.66. The smallest absolute Gasteiger partial charge is 0.0944 e. The maximum Gasteiger partial charge on any atom is 0.0944 e. The van der Waals surface area contributed by atoms with Gasteiger partial charge in [0.25, 0.3) is 0 Å². The van der Waals surface area contributed by atoms with Gasteiger partial charge >= 0.3 is 0 Å². The molecule has 0 amide bonds. The molecule has 0 bridgehead atoms. The summed E-state index contributed by atoms with van der Waals surface area (Å²) in [6.07, 6.45) is 14.1. The minimum Gasteiger partial charge on any atom is -0.369 e. The molecule has 13 heavy (non-hydrogen) atoms. The summed E-state index contributed by atoms with van der Waals surface area (Å²) in [4.78, 5) is 0. The van der Waals surface area contributed by atoms with Crippen LogP contribution in [0.1, 0.15) is 44.9 Å². The molecule has 0 aromatic rings. The van der Waals surface area contributed by atoms with E-state index in [0.29, 0.717) is 0 Å². The van der Waals surface area contributed by atoms with E-state index in [9.17, 15) is 0 Å². The fourth-order valence-corrected chi connectivity index (χ4v) is 2.60. The van der Waals surface area contributed by atoms with Gasteiger partial charge in [0.05, 0.1) is 12.2 Å². The zero-order valence-electron chi connectivity index (χ0n) is 8.22. The van der Waals surface area contributed by atoms with Crippen LogP contribution in [0.4, 0.5) is 0 Å². The second-order valence-electron chi connectivity index (χ2n) is 4.39. The van der Waals surface area contributed by atoms with Crippen molar-refractivity contribution in [1.82, 2.24) is 0 Å². The first-order chi connectivity index (χ1) is 6.37. The predicted octanol–water partition coefficient (Wildman–Crippen LogP) is 2.75. The van der Waals surface area contributed by atoms with Gasteiger partial charge in [-0.15, -0.1) is 12.3 Å². The summed E-state index contributed by atoms with van der Waals surface area (Å²) >= 11 is 0. The first kappa shape index (κ1) is 9.09. The molecule has 0 aromatic heterocycles. The number of hydrogen-bond acceptors (Lipinski definition) is 1. The molecule has 0 aromatic carbocycles. The van der Waals surface area contributed by atoms with Gasteiger partial charge in [-0.2, -0.15) is 0 Å². The minimum atomic E-state index is 0.285. The van der Waals surface area contributed by atoms with Crippen LogP contribution in [0, 0.1) is 18.3 Å². The van der Waals surface area contributed by atoms with Crippen molar-refractivity contribution in [2.24, 2.45) is 5.92 Å². The monoisotopic (exact) mass is 178 g/mol. The summed E-state index contributed by atoms with van der Waals surface area (Å²) in [5, 5.41) is 0. The van der Waals surface area contributed by atoms with Gasteiger partial charge in [0.1, 0.15) is 0 Å². The predicted molar refractivity (Wildman–Crippen MR) is 53.3 cm³/mol. The summed E-state index contributed by atoms with van der Waals surface area (Å²) in [5.41, 5.74) is 0.285. The molecule has 1 nitrogen and oxygen atoms in total. The molecule has 1 spiro atoms. The SMILES string of the molecule is C#CCCC1CCCCCC12CO2. The molecule has 1 heterocycles. The number of terminal acetylenes is 1. The summed E-state index contributed by atoms with van der Waals surface area (Å²) in [6.45, 7) is 1.00. The molecule has 72 valence electrons. The number of rotatable bonds is 2. The highest BCUT2D eigenvalue weighted by Crippen LogP contribution is 2.46. The Balaban J connectivity index is 1.93. The lowest BCUT2D eigenvalue weighted by Gasteiger charge is -2.20. The zero-order chi connectivity index (χ0) is 9.15. The third-order valence-electron chi connectivity index (χ3n) is 3.55. The van der Waals surface area contributed by atoms with Crippen molar-refractivity contribution in [1.29, 1.82) is 0 Å². The van der Waals surface area contributed by atoms with Crippen LogP contribution in [0.3, 0.4) is 0 Å². The van der Waals surface area contributed by atoms with Crippen molar-refractivity contribution in [3.63, 3.8) is 0 Å². The van der Waals surface area contributed by atoms with E-state index in [1.54, 1.807) is 0 Å². The second kappa shape index (κ2) is 3.72. The molecule has 2 unspecified atom stereocenters. The van der Waals surface area contributed by atoms with Crippen LogP contribution in [0.25, 0.3) is 0 Å². The topological polar surface area (TPSA) is 12.5 Å². The molecular weight excluding hydrogens is 160 g/mol. The van der Waals surface area contributed by atoms with Gasteiger partial charge < -0.3 is 4.74 Å². The van der Waals surface area contributed by atoms with E-state index >= 15 is 0 Å². The van der Waals surface area contributed by atoms with Crippen molar-refractivity contribution in [3.8, 4) is 12.3 Å². The fraction of sp³-hybridized carbons (Fsp3) is 0.833. The van der Waals surface area contributed by atoms with Gasteiger partial charge in [-0.3, -0.25) is 0 Å². The Bertz CT molecular complexity index is 210. The lowest BCUT2D eigenvalue weighted by Crippen LogP contribution is -2.22. The van der Waals surface area contributed by atoms with E-state index in [1.807, 2.05) is 0 Å². The van der Waals surface area contributed by atoms with Crippen LogP contribution in [-0.4, -0.2) is 12.2 Å². The van der Waals surface area contributed by atoms with Crippen LogP contribution in [0.15, 0.2) is 0 Å². The number of ether oxygens (including phenoxy) is 1. The molecule has 2 atom stereocenters. The van der Waals surface area contributed by atoms with E-state index in [1.165, 1.54) is 38.5 Å². The third kappa shape index (κ3) is 1.89. The van der Waals surface area contributed by atoms with Crippen LogP contribution in [0.2, 0.25) is 0 Å². The average Bonchev–Trinajstić information content (AvgIpc) is 2.93. The van der Waals surface area contributed by atoms with E-state index in [2.05, 4.69) is 5.92 Å². The first-order valence-electron chi connectivity index (χ1n) is 5.45. The van der Waals surface area contributed by atoms with E-state index in [4.69, 9.17) is 11.2 Å². The van der Waals surface area contributed by atoms with Gasteiger partial charge in [-0.05, 0) is 25.2 Å². The molecule has 1 saturated heterocycles. The van der Waals surface area contributed by atoms with Crippen molar-refractivity contribution in [2.45, 2.75) is 50.5 Å².